The summed E-state index contributed by atoms with van der Waals surface area (Å²) in [6, 6.07) is 0. The van der Waals surface area contributed by atoms with Gasteiger partial charge in [0.25, 0.3) is 0 Å². The highest BCUT2D eigenvalue weighted by Gasteiger charge is 2.43. The van der Waals surface area contributed by atoms with Gasteiger partial charge in [0.05, 0.1) is 10.7 Å². The fourth-order valence-electron chi connectivity index (χ4n) is 3.98. The van der Waals surface area contributed by atoms with E-state index in [0.717, 1.165) is 37.5 Å². The van der Waals surface area contributed by atoms with Crippen LogP contribution in [0.15, 0.2) is 5.38 Å². The number of aryl methyl sites for hydroxylation is 1. The summed E-state index contributed by atoms with van der Waals surface area (Å²) in [6.07, 6.45) is 5.88. The molecule has 0 aromatic carbocycles. The Balaban J connectivity index is 1.52. The van der Waals surface area contributed by atoms with Gasteiger partial charge in [-0.15, -0.1) is 11.3 Å². The van der Waals surface area contributed by atoms with Crippen molar-refractivity contribution in [2.45, 2.75) is 45.6 Å². The van der Waals surface area contributed by atoms with Gasteiger partial charge < -0.3 is 5.32 Å². The van der Waals surface area contributed by atoms with Crippen molar-refractivity contribution in [3.05, 3.63) is 16.1 Å². The van der Waals surface area contributed by atoms with Gasteiger partial charge in [0.2, 0.25) is 5.91 Å². The molecule has 1 aliphatic carbocycles. The van der Waals surface area contributed by atoms with Gasteiger partial charge in [-0.2, -0.15) is 0 Å². The van der Waals surface area contributed by atoms with Gasteiger partial charge in [0.1, 0.15) is 0 Å². The van der Waals surface area contributed by atoms with Crippen LogP contribution in [0.3, 0.4) is 0 Å². The summed E-state index contributed by atoms with van der Waals surface area (Å²) in [6.45, 7) is 5.35. The number of nitrogens with zero attached hydrogens (tertiary/aromatic N) is 2. The summed E-state index contributed by atoms with van der Waals surface area (Å²) in [5.41, 5.74) is 1.65. The number of thiazole rings is 1. The first kappa shape index (κ1) is 15.0. The Kier molecular flexibility index (Phi) is 4.31. The molecule has 0 bridgehead atoms. The van der Waals surface area contributed by atoms with Crippen LogP contribution < -0.4 is 5.32 Å². The zero-order chi connectivity index (χ0) is 14.9. The zero-order valence-electron chi connectivity index (χ0n) is 13.0. The van der Waals surface area contributed by atoms with Crippen molar-refractivity contribution in [3.8, 4) is 0 Å². The number of rotatable bonds is 3. The van der Waals surface area contributed by atoms with E-state index in [4.69, 9.17) is 0 Å². The minimum atomic E-state index is 0.243. The van der Waals surface area contributed by atoms with Crippen molar-refractivity contribution < 1.29 is 4.79 Å². The molecule has 1 unspecified atom stereocenters. The molecule has 1 aliphatic heterocycles. The summed E-state index contributed by atoms with van der Waals surface area (Å²) in [7, 11) is 1.76. The van der Waals surface area contributed by atoms with Crippen LogP contribution in [0.5, 0.6) is 0 Å². The highest BCUT2D eigenvalue weighted by atomic mass is 32.1. The smallest absolute Gasteiger partial charge is 0.222 e. The quantitative estimate of drug-likeness (QED) is 0.933. The van der Waals surface area contributed by atoms with Crippen LogP contribution in [-0.4, -0.2) is 35.9 Å². The lowest BCUT2D eigenvalue weighted by Crippen LogP contribution is -2.39. The van der Waals surface area contributed by atoms with Gasteiger partial charge in [0.15, 0.2) is 0 Å². The molecule has 21 heavy (non-hydrogen) atoms. The molecule has 1 amide bonds. The second kappa shape index (κ2) is 6.05. The molecule has 5 heteroatoms. The first-order chi connectivity index (χ1) is 10.1. The SMILES string of the molecule is CNC(=O)C1CCC2(CCN(Cc3csc(C)n3)CC2)C1. The molecule has 2 fully saturated rings. The van der Waals surface area contributed by atoms with Crippen molar-refractivity contribution in [2.24, 2.45) is 11.3 Å². The summed E-state index contributed by atoms with van der Waals surface area (Å²) in [5.74, 6) is 0.495. The molecule has 1 aromatic heterocycles. The van der Waals surface area contributed by atoms with E-state index in [1.165, 1.54) is 25.0 Å². The summed E-state index contributed by atoms with van der Waals surface area (Å²) >= 11 is 1.74. The topological polar surface area (TPSA) is 45.2 Å². The van der Waals surface area contributed by atoms with Gasteiger partial charge in [0, 0.05) is 24.9 Å². The minimum Gasteiger partial charge on any atom is -0.359 e. The van der Waals surface area contributed by atoms with Gasteiger partial charge >= 0.3 is 0 Å². The molecule has 0 radical (unpaired) electrons. The Labute approximate surface area is 130 Å². The van der Waals surface area contributed by atoms with E-state index in [0.29, 0.717) is 5.41 Å². The zero-order valence-corrected chi connectivity index (χ0v) is 13.8. The maximum absolute atomic E-state index is 11.8. The molecule has 4 nitrogen and oxygen atoms in total. The number of likely N-dealkylation sites (tertiary alicyclic amines) is 1. The molecule has 2 aliphatic rings. The van der Waals surface area contributed by atoms with Gasteiger partial charge in [-0.1, -0.05) is 0 Å². The largest absolute Gasteiger partial charge is 0.359 e. The normalized spacial score (nSPS) is 25.3. The fraction of sp³-hybridized carbons (Fsp3) is 0.750. The van der Waals surface area contributed by atoms with E-state index >= 15 is 0 Å². The van der Waals surface area contributed by atoms with Crippen LogP contribution in [0.2, 0.25) is 0 Å². The van der Waals surface area contributed by atoms with Crippen molar-refractivity contribution in [2.75, 3.05) is 20.1 Å². The van der Waals surface area contributed by atoms with E-state index in [1.807, 2.05) is 0 Å². The lowest BCUT2D eigenvalue weighted by molar-refractivity contribution is -0.124. The van der Waals surface area contributed by atoms with E-state index in [2.05, 4.69) is 27.5 Å². The molecule has 3 rings (SSSR count). The van der Waals surface area contributed by atoms with Crippen LogP contribution in [-0.2, 0) is 11.3 Å². The fourth-order valence-corrected chi connectivity index (χ4v) is 4.59. The molecule has 2 heterocycles. The van der Waals surface area contributed by atoms with E-state index in [9.17, 15) is 4.79 Å². The lowest BCUT2D eigenvalue weighted by atomic mass is 9.76. The van der Waals surface area contributed by atoms with Crippen LogP contribution >= 0.6 is 11.3 Å². The number of carbonyl (C=O) groups is 1. The average molecular weight is 307 g/mol. The average Bonchev–Trinajstić information content (AvgIpc) is 3.08. The predicted molar refractivity (Wildman–Crippen MR) is 85.2 cm³/mol. The number of amides is 1. The molecule has 1 saturated heterocycles. The Bertz CT molecular complexity index is 505. The van der Waals surface area contributed by atoms with Crippen molar-refractivity contribution >= 4 is 17.2 Å². The Hall–Kier alpha value is -0.940. The highest BCUT2D eigenvalue weighted by Crippen LogP contribution is 2.49. The molecular formula is C16H25N3OS. The number of carbonyl (C=O) groups excluding carboxylic acids is 1. The van der Waals surface area contributed by atoms with Crippen LogP contribution in [0.4, 0.5) is 0 Å². The molecule has 116 valence electrons. The maximum atomic E-state index is 11.8. The monoisotopic (exact) mass is 307 g/mol. The van der Waals surface area contributed by atoms with Crippen LogP contribution in [0.1, 0.15) is 42.8 Å². The lowest BCUT2D eigenvalue weighted by Gasteiger charge is -2.39. The highest BCUT2D eigenvalue weighted by molar-refractivity contribution is 7.09. The number of piperidine rings is 1. The number of hydrogen-bond acceptors (Lipinski definition) is 4. The summed E-state index contributed by atoms with van der Waals surface area (Å²) in [5, 5.41) is 6.15. The van der Waals surface area contributed by atoms with E-state index in [-0.39, 0.29) is 11.8 Å². The second-order valence-corrected chi connectivity index (χ2v) is 7.75. The third-order valence-electron chi connectivity index (χ3n) is 5.29. The van der Waals surface area contributed by atoms with Gasteiger partial charge in [-0.25, -0.2) is 4.98 Å². The first-order valence-electron chi connectivity index (χ1n) is 7.95. The molecule has 1 N–H and O–H groups in total. The third kappa shape index (κ3) is 3.29. The Morgan fingerprint density at radius 2 is 2.24 bits per heavy atom. The van der Waals surface area contributed by atoms with Gasteiger partial charge in [-0.05, 0) is 57.5 Å². The molecule has 1 atom stereocenters. The van der Waals surface area contributed by atoms with E-state index < -0.39 is 0 Å². The number of nitrogens with one attached hydrogen (secondary N) is 1. The first-order valence-corrected chi connectivity index (χ1v) is 8.83. The van der Waals surface area contributed by atoms with Crippen LogP contribution in [0.25, 0.3) is 0 Å². The maximum Gasteiger partial charge on any atom is 0.222 e. The summed E-state index contributed by atoms with van der Waals surface area (Å²) < 4.78 is 0. The van der Waals surface area contributed by atoms with Crippen molar-refractivity contribution in [1.29, 1.82) is 0 Å². The number of aromatic nitrogens is 1. The Morgan fingerprint density at radius 1 is 1.48 bits per heavy atom. The summed E-state index contributed by atoms with van der Waals surface area (Å²) in [4.78, 5) is 18.9. The minimum absolute atomic E-state index is 0.243. The van der Waals surface area contributed by atoms with Gasteiger partial charge in [-0.3, -0.25) is 9.69 Å². The van der Waals surface area contributed by atoms with E-state index in [1.54, 1.807) is 18.4 Å². The Morgan fingerprint density at radius 3 is 2.86 bits per heavy atom. The van der Waals surface area contributed by atoms with Crippen molar-refractivity contribution in [1.82, 2.24) is 15.2 Å². The molecule has 1 saturated carbocycles. The van der Waals surface area contributed by atoms with Crippen molar-refractivity contribution in [3.63, 3.8) is 0 Å². The van der Waals surface area contributed by atoms with Crippen LogP contribution in [0, 0.1) is 18.3 Å². The standard InChI is InChI=1S/C16H25N3OS/c1-12-18-14(11-21-12)10-19-7-5-16(6-8-19)4-3-13(9-16)15(20)17-2/h11,13H,3-10H2,1-2H3,(H,17,20). The molecule has 1 spiro atoms. The molecule has 1 aromatic rings. The second-order valence-electron chi connectivity index (χ2n) is 6.69. The number of hydrogen-bond donors (Lipinski definition) is 1. The third-order valence-corrected chi connectivity index (χ3v) is 6.11. The predicted octanol–water partition coefficient (Wildman–Crippen LogP) is 2.58. The molecular weight excluding hydrogens is 282 g/mol.